The quantitative estimate of drug-likeness (QED) is 0.649. The van der Waals surface area contributed by atoms with E-state index in [2.05, 4.69) is 0 Å². The van der Waals surface area contributed by atoms with E-state index in [1.165, 1.54) is 0 Å². The summed E-state index contributed by atoms with van der Waals surface area (Å²) in [5, 5.41) is 19.3. The third kappa shape index (κ3) is 1.72. The molecule has 2 nitrogen and oxygen atoms in total. The van der Waals surface area contributed by atoms with E-state index in [1.807, 2.05) is 13.8 Å². The summed E-state index contributed by atoms with van der Waals surface area (Å²) in [7, 11) is 0. The van der Waals surface area contributed by atoms with Gasteiger partial charge in [-0.3, -0.25) is 0 Å². The van der Waals surface area contributed by atoms with Crippen LogP contribution in [0.3, 0.4) is 0 Å². The molecule has 1 aliphatic rings. The molecule has 0 spiro atoms. The van der Waals surface area contributed by atoms with E-state index in [9.17, 15) is 10.2 Å². The molecule has 1 fully saturated rings. The lowest BCUT2D eigenvalue weighted by molar-refractivity contribution is 0.0369. The second-order valence-corrected chi connectivity index (χ2v) is 5.28. The summed E-state index contributed by atoms with van der Waals surface area (Å²) in [6.45, 7) is 3.80. The maximum Gasteiger partial charge on any atom is 0.115 e. The minimum absolute atomic E-state index is 0.286. The molecule has 0 aromatic rings. The molecule has 1 rings (SSSR count). The summed E-state index contributed by atoms with van der Waals surface area (Å²) >= 11 is 11.3. The minimum atomic E-state index is -0.697. The standard InChI is InChI=1S/C8H14Cl2O2/c1-8(2)3-4(11)5(6(8)12)7(9)10/h4-7,11-12H,3H2,1-2H3. The molecule has 1 aliphatic carbocycles. The first-order chi connectivity index (χ1) is 5.36. The van der Waals surface area contributed by atoms with Crippen molar-refractivity contribution < 1.29 is 10.2 Å². The van der Waals surface area contributed by atoms with Gasteiger partial charge in [0.1, 0.15) is 4.84 Å². The topological polar surface area (TPSA) is 40.5 Å². The van der Waals surface area contributed by atoms with Gasteiger partial charge in [0.25, 0.3) is 0 Å². The zero-order valence-electron chi connectivity index (χ0n) is 7.17. The maximum atomic E-state index is 9.73. The maximum absolute atomic E-state index is 9.73. The monoisotopic (exact) mass is 212 g/mol. The lowest BCUT2D eigenvalue weighted by atomic mass is 9.88. The summed E-state index contributed by atoms with van der Waals surface area (Å²) in [6.07, 6.45) is -0.656. The first-order valence-electron chi connectivity index (χ1n) is 4.00. The van der Waals surface area contributed by atoms with Gasteiger partial charge in [0.15, 0.2) is 0 Å². The Bertz CT molecular complexity index is 170. The van der Waals surface area contributed by atoms with Crippen LogP contribution >= 0.6 is 23.2 Å². The number of aliphatic hydroxyl groups excluding tert-OH is 2. The van der Waals surface area contributed by atoms with Crippen molar-refractivity contribution in [3.63, 3.8) is 0 Å². The van der Waals surface area contributed by atoms with Crippen molar-refractivity contribution in [2.24, 2.45) is 11.3 Å². The van der Waals surface area contributed by atoms with Crippen LogP contribution in [0.5, 0.6) is 0 Å². The molecular formula is C8H14Cl2O2. The van der Waals surface area contributed by atoms with Crippen LogP contribution in [0, 0.1) is 11.3 Å². The average molecular weight is 213 g/mol. The molecule has 4 heteroatoms. The van der Waals surface area contributed by atoms with Gasteiger partial charge in [0.2, 0.25) is 0 Å². The van der Waals surface area contributed by atoms with Crippen molar-refractivity contribution in [3.05, 3.63) is 0 Å². The molecule has 72 valence electrons. The zero-order chi connectivity index (χ0) is 9.52. The summed E-state index contributed by atoms with van der Waals surface area (Å²) in [5.41, 5.74) is -0.286. The van der Waals surface area contributed by atoms with Gasteiger partial charge < -0.3 is 10.2 Å². The molecule has 3 unspecified atom stereocenters. The summed E-state index contributed by atoms with van der Waals surface area (Å²) in [6, 6.07) is 0. The Morgan fingerprint density at radius 1 is 1.33 bits per heavy atom. The first kappa shape index (κ1) is 10.6. The van der Waals surface area contributed by atoms with Crippen LogP contribution in [0.4, 0.5) is 0 Å². The highest BCUT2D eigenvalue weighted by atomic mass is 35.5. The van der Waals surface area contributed by atoms with Crippen molar-refractivity contribution >= 4 is 23.2 Å². The molecule has 0 aromatic heterocycles. The molecule has 3 atom stereocenters. The molecule has 0 aromatic carbocycles. The van der Waals surface area contributed by atoms with Crippen molar-refractivity contribution in [2.75, 3.05) is 0 Å². The van der Waals surface area contributed by atoms with Crippen LogP contribution in [0.15, 0.2) is 0 Å². The number of aliphatic hydroxyl groups is 2. The van der Waals surface area contributed by atoms with E-state index in [0.717, 1.165) is 0 Å². The third-order valence-electron chi connectivity index (χ3n) is 2.64. The Morgan fingerprint density at radius 3 is 2.00 bits per heavy atom. The predicted octanol–water partition coefficient (Wildman–Crippen LogP) is 1.56. The van der Waals surface area contributed by atoms with Gasteiger partial charge in [0, 0.05) is 5.92 Å². The molecular weight excluding hydrogens is 199 g/mol. The van der Waals surface area contributed by atoms with Crippen LogP contribution in [-0.4, -0.2) is 27.3 Å². The summed E-state index contributed by atoms with van der Waals surface area (Å²) in [5.74, 6) is -0.414. The van der Waals surface area contributed by atoms with Gasteiger partial charge >= 0.3 is 0 Å². The zero-order valence-corrected chi connectivity index (χ0v) is 8.68. The van der Waals surface area contributed by atoms with Crippen LogP contribution in [-0.2, 0) is 0 Å². The molecule has 0 bridgehead atoms. The summed E-state index contributed by atoms with van der Waals surface area (Å²) in [4.78, 5) is -0.697. The third-order valence-corrected chi connectivity index (χ3v) is 3.22. The first-order valence-corrected chi connectivity index (χ1v) is 4.88. The van der Waals surface area contributed by atoms with Gasteiger partial charge in [-0.05, 0) is 11.8 Å². The van der Waals surface area contributed by atoms with E-state index in [1.54, 1.807) is 0 Å². The Kier molecular flexibility index (Phi) is 2.94. The fourth-order valence-electron chi connectivity index (χ4n) is 1.83. The van der Waals surface area contributed by atoms with Crippen LogP contribution in [0.2, 0.25) is 0 Å². The van der Waals surface area contributed by atoms with Gasteiger partial charge in [-0.15, -0.1) is 23.2 Å². The lowest BCUT2D eigenvalue weighted by Gasteiger charge is -2.25. The van der Waals surface area contributed by atoms with Gasteiger partial charge in [-0.2, -0.15) is 0 Å². The van der Waals surface area contributed by atoms with E-state index in [-0.39, 0.29) is 5.41 Å². The van der Waals surface area contributed by atoms with Crippen LogP contribution in [0.1, 0.15) is 20.3 Å². The van der Waals surface area contributed by atoms with Crippen molar-refractivity contribution in [1.82, 2.24) is 0 Å². The predicted molar refractivity (Wildman–Crippen MR) is 49.4 cm³/mol. The largest absolute Gasteiger partial charge is 0.393 e. The number of rotatable bonds is 1. The van der Waals surface area contributed by atoms with Crippen LogP contribution < -0.4 is 0 Å². The van der Waals surface area contributed by atoms with E-state index in [0.29, 0.717) is 6.42 Å². The highest BCUT2D eigenvalue weighted by Crippen LogP contribution is 2.44. The molecule has 2 N–H and O–H groups in total. The lowest BCUT2D eigenvalue weighted by Crippen LogP contribution is -2.33. The Labute approximate surface area is 82.5 Å². The average Bonchev–Trinajstić information content (AvgIpc) is 2.02. The van der Waals surface area contributed by atoms with Crippen molar-refractivity contribution in [2.45, 2.75) is 37.3 Å². The van der Waals surface area contributed by atoms with E-state index >= 15 is 0 Å². The summed E-state index contributed by atoms with van der Waals surface area (Å²) < 4.78 is 0. The van der Waals surface area contributed by atoms with E-state index < -0.39 is 23.0 Å². The highest BCUT2D eigenvalue weighted by molar-refractivity contribution is 6.44. The fourth-order valence-corrected chi connectivity index (χ4v) is 2.44. The molecule has 12 heavy (non-hydrogen) atoms. The SMILES string of the molecule is CC1(C)CC(O)C(C(Cl)Cl)C1O. The smallest absolute Gasteiger partial charge is 0.115 e. The van der Waals surface area contributed by atoms with Crippen LogP contribution in [0.25, 0.3) is 0 Å². The molecule has 0 radical (unpaired) electrons. The molecule has 0 amide bonds. The minimum Gasteiger partial charge on any atom is -0.393 e. The number of hydrogen-bond acceptors (Lipinski definition) is 2. The van der Waals surface area contributed by atoms with Crippen molar-refractivity contribution in [3.8, 4) is 0 Å². The second-order valence-electron chi connectivity index (χ2n) is 4.12. The Balaban J connectivity index is 2.78. The normalized spacial score (nSPS) is 40.8. The molecule has 1 saturated carbocycles. The van der Waals surface area contributed by atoms with Gasteiger partial charge in [-0.1, -0.05) is 13.8 Å². The molecule has 0 saturated heterocycles. The number of hydrogen-bond donors (Lipinski definition) is 2. The van der Waals surface area contributed by atoms with Gasteiger partial charge in [0.05, 0.1) is 12.2 Å². The Morgan fingerprint density at radius 2 is 1.83 bits per heavy atom. The van der Waals surface area contributed by atoms with E-state index in [4.69, 9.17) is 23.2 Å². The highest BCUT2D eigenvalue weighted by Gasteiger charge is 2.49. The Hall–Kier alpha value is 0.500. The number of halogens is 2. The number of alkyl halides is 2. The molecule has 0 aliphatic heterocycles. The fraction of sp³-hybridized carbons (Fsp3) is 1.00. The molecule has 0 heterocycles. The van der Waals surface area contributed by atoms with Crippen molar-refractivity contribution in [1.29, 1.82) is 0 Å². The van der Waals surface area contributed by atoms with Gasteiger partial charge in [-0.25, -0.2) is 0 Å². The second kappa shape index (κ2) is 3.33.